The first-order valence-electron chi connectivity index (χ1n) is 12.9. The summed E-state index contributed by atoms with van der Waals surface area (Å²) in [5, 5.41) is 19.9. The summed E-state index contributed by atoms with van der Waals surface area (Å²) in [6.45, 7) is 5.46. The molecule has 0 fully saturated rings. The standard InChI is InChI=1S/C30H25N9O2/c1-18-25(28-35-31-15-16-38(28)36-18)29(40)33-19(2)27-34-24-12-8-9-21(13-14-22-17-32-37(4)20(22)3)26(24)30(41)39(27)23-10-6-5-7-11-23/h5-12,15-17,19H,1-4H3,(H,33,40)/t19-/m0/s1. The molecule has 0 radical (unpaired) electrons. The van der Waals surface area contributed by atoms with Crippen molar-refractivity contribution in [2.75, 3.05) is 0 Å². The quantitative estimate of drug-likeness (QED) is 0.339. The van der Waals surface area contributed by atoms with Gasteiger partial charge in [0, 0.05) is 12.6 Å². The molecule has 0 aliphatic rings. The predicted octanol–water partition coefficient (Wildman–Crippen LogP) is 3.06. The van der Waals surface area contributed by atoms with Gasteiger partial charge in [-0.1, -0.05) is 36.1 Å². The van der Waals surface area contributed by atoms with Crippen LogP contribution in [-0.4, -0.2) is 45.1 Å². The van der Waals surface area contributed by atoms with Crippen LogP contribution in [0.25, 0.3) is 22.2 Å². The lowest BCUT2D eigenvalue weighted by Crippen LogP contribution is -2.33. The van der Waals surface area contributed by atoms with Crippen LogP contribution in [0.3, 0.4) is 0 Å². The van der Waals surface area contributed by atoms with Gasteiger partial charge in [-0.3, -0.25) is 18.8 Å². The number of nitrogens with zero attached hydrogens (tertiary/aromatic N) is 8. The molecular formula is C30H25N9O2. The number of benzene rings is 2. The Morgan fingerprint density at radius 3 is 2.56 bits per heavy atom. The molecule has 41 heavy (non-hydrogen) atoms. The van der Waals surface area contributed by atoms with Gasteiger partial charge < -0.3 is 5.32 Å². The number of hydrogen-bond donors (Lipinski definition) is 1. The third kappa shape index (κ3) is 4.51. The maximum atomic E-state index is 14.2. The first-order chi connectivity index (χ1) is 19.8. The Morgan fingerprint density at radius 1 is 1.02 bits per heavy atom. The van der Waals surface area contributed by atoms with Crippen molar-refractivity contribution in [3.63, 3.8) is 0 Å². The average molecular weight is 544 g/mol. The second-order valence-corrected chi connectivity index (χ2v) is 9.60. The minimum absolute atomic E-state index is 0.289. The van der Waals surface area contributed by atoms with Gasteiger partial charge in [-0.2, -0.15) is 15.3 Å². The average Bonchev–Trinajstić information content (AvgIpc) is 3.49. The Balaban J connectivity index is 1.48. The van der Waals surface area contributed by atoms with Crippen molar-refractivity contribution < 1.29 is 4.79 Å². The molecule has 1 atom stereocenters. The first-order valence-corrected chi connectivity index (χ1v) is 12.9. The van der Waals surface area contributed by atoms with Gasteiger partial charge in [0.05, 0.1) is 58.2 Å². The van der Waals surface area contributed by atoms with Crippen LogP contribution in [0.15, 0.2) is 71.9 Å². The molecule has 6 rings (SSSR count). The fourth-order valence-corrected chi connectivity index (χ4v) is 4.74. The second-order valence-electron chi connectivity index (χ2n) is 9.60. The predicted molar refractivity (Wildman–Crippen MR) is 153 cm³/mol. The fraction of sp³-hybridized carbons (Fsp3) is 0.167. The molecule has 4 aromatic heterocycles. The molecule has 1 amide bonds. The van der Waals surface area contributed by atoms with E-state index in [1.807, 2.05) is 50.4 Å². The van der Waals surface area contributed by atoms with E-state index in [0.29, 0.717) is 44.9 Å². The van der Waals surface area contributed by atoms with E-state index >= 15 is 0 Å². The number of fused-ring (bicyclic) bond motifs is 2. The van der Waals surface area contributed by atoms with Crippen LogP contribution in [0.2, 0.25) is 0 Å². The molecule has 4 heterocycles. The maximum absolute atomic E-state index is 14.2. The molecule has 202 valence electrons. The molecule has 1 N–H and O–H groups in total. The number of hydrogen-bond acceptors (Lipinski definition) is 7. The van der Waals surface area contributed by atoms with Crippen molar-refractivity contribution in [2.45, 2.75) is 26.8 Å². The Kier molecular flexibility index (Phi) is 6.35. The van der Waals surface area contributed by atoms with E-state index in [0.717, 1.165) is 11.3 Å². The van der Waals surface area contributed by atoms with Gasteiger partial charge in [0.2, 0.25) is 0 Å². The van der Waals surface area contributed by atoms with Crippen LogP contribution in [0.4, 0.5) is 0 Å². The van der Waals surface area contributed by atoms with Gasteiger partial charge in [0.15, 0.2) is 5.65 Å². The van der Waals surface area contributed by atoms with Crippen LogP contribution in [0.1, 0.15) is 51.7 Å². The molecule has 0 saturated carbocycles. The monoisotopic (exact) mass is 543 g/mol. The van der Waals surface area contributed by atoms with Gasteiger partial charge in [-0.25, -0.2) is 9.50 Å². The van der Waals surface area contributed by atoms with Gasteiger partial charge >= 0.3 is 0 Å². The summed E-state index contributed by atoms with van der Waals surface area (Å²) >= 11 is 0. The molecule has 11 nitrogen and oxygen atoms in total. The topological polar surface area (TPSA) is 125 Å². The Hall–Kier alpha value is -5.63. The van der Waals surface area contributed by atoms with E-state index in [4.69, 9.17) is 4.98 Å². The van der Waals surface area contributed by atoms with Crippen LogP contribution in [-0.2, 0) is 7.05 Å². The molecule has 0 aliphatic carbocycles. The Labute approximate surface area is 234 Å². The number of para-hydroxylation sites is 1. The molecular weight excluding hydrogens is 518 g/mol. The highest BCUT2D eigenvalue weighted by molar-refractivity contribution is 6.01. The molecule has 0 saturated heterocycles. The number of carbonyl (C=O) groups excluding carboxylic acids is 1. The van der Waals surface area contributed by atoms with E-state index in [1.54, 1.807) is 43.1 Å². The lowest BCUT2D eigenvalue weighted by atomic mass is 10.1. The van der Waals surface area contributed by atoms with Crippen molar-refractivity contribution >= 4 is 22.5 Å². The van der Waals surface area contributed by atoms with Crippen molar-refractivity contribution in [1.82, 2.24) is 44.5 Å². The first kappa shape index (κ1) is 25.6. The number of carbonyl (C=O) groups is 1. The normalized spacial score (nSPS) is 11.8. The minimum Gasteiger partial charge on any atom is -0.342 e. The Morgan fingerprint density at radius 2 is 1.80 bits per heavy atom. The highest BCUT2D eigenvalue weighted by Gasteiger charge is 2.24. The molecule has 2 aromatic carbocycles. The highest BCUT2D eigenvalue weighted by Crippen LogP contribution is 2.21. The summed E-state index contributed by atoms with van der Waals surface area (Å²) < 4.78 is 4.78. The number of rotatable bonds is 4. The van der Waals surface area contributed by atoms with E-state index in [2.05, 4.69) is 37.6 Å². The summed E-state index contributed by atoms with van der Waals surface area (Å²) in [6.07, 6.45) is 4.83. The molecule has 0 unspecified atom stereocenters. The zero-order valence-electron chi connectivity index (χ0n) is 22.8. The fourth-order valence-electron chi connectivity index (χ4n) is 4.74. The van der Waals surface area contributed by atoms with Crippen LogP contribution in [0, 0.1) is 25.7 Å². The summed E-state index contributed by atoms with van der Waals surface area (Å²) in [5.74, 6) is 6.27. The van der Waals surface area contributed by atoms with Gasteiger partial charge in [-0.05, 0) is 45.0 Å². The van der Waals surface area contributed by atoms with Crippen LogP contribution >= 0.6 is 0 Å². The zero-order chi connectivity index (χ0) is 28.7. The second kappa shape index (κ2) is 10.2. The van der Waals surface area contributed by atoms with Crippen molar-refractivity contribution in [3.8, 4) is 17.5 Å². The molecule has 0 spiro atoms. The van der Waals surface area contributed by atoms with E-state index < -0.39 is 11.9 Å². The smallest absolute Gasteiger partial charge is 0.267 e. The third-order valence-corrected chi connectivity index (χ3v) is 6.95. The minimum atomic E-state index is -0.654. The number of nitrogens with one attached hydrogen (secondary N) is 1. The largest absolute Gasteiger partial charge is 0.342 e. The van der Waals surface area contributed by atoms with Crippen molar-refractivity contribution in [2.24, 2.45) is 7.05 Å². The highest BCUT2D eigenvalue weighted by atomic mass is 16.2. The third-order valence-electron chi connectivity index (χ3n) is 6.95. The SMILES string of the molecule is Cc1nn2ccnnc2c1C(=O)N[C@@H](C)c1nc2cccc(C#Cc3cnn(C)c3C)c2c(=O)n1-c1ccccc1. The molecule has 11 heteroatoms. The van der Waals surface area contributed by atoms with Gasteiger partial charge in [-0.15, -0.1) is 5.10 Å². The summed E-state index contributed by atoms with van der Waals surface area (Å²) in [5.41, 5.74) is 4.22. The van der Waals surface area contributed by atoms with Crippen LogP contribution in [0.5, 0.6) is 0 Å². The molecule has 6 aromatic rings. The maximum Gasteiger partial charge on any atom is 0.267 e. The lowest BCUT2D eigenvalue weighted by molar-refractivity contribution is 0.0938. The van der Waals surface area contributed by atoms with Gasteiger partial charge in [0.25, 0.3) is 11.5 Å². The van der Waals surface area contributed by atoms with Crippen molar-refractivity contribution in [1.29, 1.82) is 0 Å². The molecule has 0 bridgehead atoms. The van der Waals surface area contributed by atoms with E-state index in [-0.39, 0.29) is 5.56 Å². The Bertz CT molecular complexity index is 2080. The lowest BCUT2D eigenvalue weighted by Gasteiger charge is -2.20. The van der Waals surface area contributed by atoms with E-state index in [9.17, 15) is 9.59 Å². The zero-order valence-corrected chi connectivity index (χ0v) is 22.8. The van der Waals surface area contributed by atoms with E-state index in [1.165, 1.54) is 15.3 Å². The summed E-state index contributed by atoms with van der Waals surface area (Å²) in [4.78, 5) is 32.5. The van der Waals surface area contributed by atoms with Gasteiger partial charge in [0.1, 0.15) is 11.4 Å². The molecule has 0 aliphatic heterocycles. The summed E-state index contributed by atoms with van der Waals surface area (Å²) in [7, 11) is 1.85. The van der Waals surface area contributed by atoms with Crippen LogP contribution < -0.4 is 10.9 Å². The number of aryl methyl sites for hydroxylation is 2. The van der Waals surface area contributed by atoms with Crippen molar-refractivity contribution in [3.05, 3.63) is 111 Å². The summed E-state index contributed by atoms with van der Waals surface area (Å²) in [6, 6.07) is 13.9. The number of amides is 1. The number of aromatic nitrogens is 8.